The fourth-order valence-electron chi connectivity index (χ4n) is 0.795. The smallest absolute Gasteiger partial charge is 0.396 e. The van der Waals surface area contributed by atoms with Gasteiger partial charge in [0.05, 0.1) is 25.9 Å². The summed E-state index contributed by atoms with van der Waals surface area (Å²) < 4.78 is 20.5. The number of ether oxygens (including phenoxy) is 1. The van der Waals surface area contributed by atoms with Gasteiger partial charge in [-0.25, -0.2) is 4.79 Å². The van der Waals surface area contributed by atoms with E-state index in [1.807, 2.05) is 13.8 Å². The second-order valence-corrected chi connectivity index (χ2v) is 3.80. The molecule has 0 aromatic carbocycles. The van der Waals surface area contributed by atoms with Crippen molar-refractivity contribution < 1.29 is 23.1 Å². The van der Waals surface area contributed by atoms with E-state index in [-0.39, 0.29) is 0 Å². The maximum absolute atomic E-state index is 11.1. The lowest BCUT2D eigenvalue weighted by Gasteiger charge is -2.15. The zero-order chi connectivity index (χ0) is 12.4. The van der Waals surface area contributed by atoms with Gasteiger partial charge in [-0.2, -0.15) is 0 Å². The number of rotatable bonds is 8. The Hall–Kier alpha value is -0.640. The Morgan fingerprint density at radius 1 is 1.12 bits per heavy atom. The average molecular weight is 250 g/mol. The first kappa shape index (κ1) is 15.4. The van der Waals surface area contributed by atoms with Crippen LogP contribution in [0.2, 0.25) is 0 Å². The van der Waals surface area contributed by atoms with Crippen LogP contribution in [0.4, 0.5) is 0 Å². The molecule has 0 aromatic heterocycles. The van der Waals surface area contributed by atoms with Crippen LogP contribution in [0.25, 0.3) is 0 Å². The number of hydrogen-bond donors (Lipinski definition) is 0. The molecule has 16 heavy (non-hydrogen) atoms. The molecule has 0 saturated heterocycles. The van der Waals surface area contributed by atoms with Crippen molar-refractivity contribution >= 4 is 14.6 Å². The van der Waals surface area contributed by atoms with E-state index in [4.69, 9.17) is 18.3 Å². The Bertz CT molecular complexity index is 223. The van der Waals surface area contributed by atoms with Crippen LogP contribution >= 0.6 is 8.60 Å². The SMILES string of the molecule is CCOC(=O)/C=C(\C)OP(OCC)OCC. The third kappa shape index (κ3) is 7.63. The standard InChI is InChI=1S/C10H19O5P/c1-5-12-10(11)8-9(4)15-16(13-6-2)14-7-3/h8H,5-7H2,1-4H3/b9-8+. The lowest BCUT2D eigenvalue weighted by atomic mass is 10.5. The van der Waals surface area contributed by atoms with E-state index in [0.29, 0.717) is 25.6 Å². The summed E-state index contributed by atoms with van der Waals surface area (Å²) in [6.07, 6.45) is 1.27. The van der Waals surface area contributed by atoms with Gasteiger partial charge < -0.3 is 18.3 Å². The van der Waals surface area contributed by atoms with Crippen LogP contribution in [0.5, 0.6) is 0 Å². The first-order chi connectivity index (χ1) is 7.63. The molecule has 0 unspecified atom stereocenters. The van der Waals surface area contributed by atoms with E-state index >= 15 is 0 Å². The molecule has 0 aromatic rings. The molecule has 0 saturated carbocycles. The van der Waals surface area contributed by atoms with Gasteiger partial charge in [0.1, 0.15) is 5.76 Å². The number of carbonyl (C=O) groups is 1. The summed E-state index contributed by atoms with van der Waals surface area (Å²) in [7, 11) is -1.42. The van der Waals surface area contributed by atoms with Gasteiger partial charge in [0.2, 0.25) is 0 Å². The molecular formula is C10H19O5P. The van der Waals surface area contributed by atoms with Crippen molar-refractivity contribution in [2.24, 2.45) is 0 Å². The van der Waals surface area contributed by atoms with Crippen LogP contribution in [-0.4, -0.2) is 25.8 Å². The molecule has 6 heteroatoms. The van der Waals surface area contributed by atoms with Gasteiger partial charge in [0.15, 0.2) is 0 Å². The van der Waals surface area contributed by atoms with Crippen molar-refractivity contribution in [1.82, 2.24) is 0 Å². The van der Waals surface area contributed by atoms with Gasteiger partial charge in [0, 0.05) is 0 Å². The van der Waals surface area contributed by atoms with Crippen molar-refractivity contribution in [1.29, 1.82) is 0 Å². The zero-order valence-electron chi connectivity index (χ0n) is 10.2. The topological polar surface area (TPSA) is 54.0 Å². The first-order valence-corrected chi connectivity index (χ1v) is 6.32. The number of carbonyl (C=O) groups excluding carboxylic acids is 1. The van der Waals surface area contributed by atoms with Crippen LogP contribution in [0, 0.1) is 0 Å². The highest BCUT2D eigenvalue weighted by molar-refractivity contribution is 7.41. The Balaban J connectivity index is 4.15. The van der Waals surface area contributed by atoms with Gasteiger partial charge >= 0.3 is 14.6 Å². The Morgan fingerprint density at radius 3 is 2.12 bits per heavy atom. The maximum Gasteiger partial charge on any atom is 0.396 e. The second kappa shape index (κ2) is 9.58. The summed E-state index contributed by atoms with van der Waals surface area (Å²) in [4.78, 5) is 11.1. The summed E-state index contributed by atoms with van der Waals surface area (Å²) >= 11 is 0. The second-order valence-electron chi connectivity index (χ2n) is 2.66. The Kier molecular flexibility index (Phi) is 9.19. The monoisotopic (exact) mass is 250 g/mol. The minimum absolute atomic E-state index is 0.342. The fraction of sp³-hybridized carbons (Fsp3) is 0.700. The van der Waals surface area contributed by atoms with E-state index in [1.165, 1.54) is 6.08 Å². The predicted octanol–water partition coefficient (Wildman–Crippen LogP) is 2.77. The molecule has 0 rings (SSSR count). The molecule has 0 fully saturated rings. The quantitative estimate of drug-likeness (QED) is 0.287. The zero-order valence-corrected chi connectivity index (χ0v) is 11.1. The normalized spacial score (nSPS) is 11.7. The molecule has 0 heterocycles. The summed E-state index contributed by atoms with van der Waals surface area (Å²) in [5.74, 6) is -0.00518. The minimum Gasteiger partial charge on any atom is -0.463 e. The summed E-state index contributed by atoms with van der Waals surface area (Å²) in [5, 5.41) is 0. The molecule has 94 valence electrons. The number of allylic oxidation sites excluding steroid dienone is 1. The van der Waals surface area contributed by atoms with E-state index in [0.717, 1.165) is 0 Å². The summed E-state index contributed by atoms with van der Waals surface area (Å²) in [6, 6.07) is 0. The largest absolute Gasteiger partial charge is 0.463 e. The molecular weight excluding hydrogens is 231 g/mol. The highest BCUT2D eigenvalue weighted by Crippen LogP contribution is 2.41. The molecule has 0 aliphatic carbocycles. The summed E-state index contributed by atoms with van der Waals surface area (Å²) in [6.45, 7) is 8.44. The Labute approximate surface area is 97.7 Å². The molecule has 0 amide bonds. The molecule has 0 aliphatic rings. The van der Waals surface area contributed by atoms with Crippen molar-refractivity contribution in [3.05, 3.63) is 11.8 Å². The van der Waals surface area contributed by atoms with E-state index < -0.39 is 14.6 Å². The third-order valence-corrected chi connectivity index (χ3v) is 2.67. The van der Waals surface area contributed by atoms with E-state index in [9.17, 15) is 4.79 Å². The van der Waals surface area contributed by atoms with E-state index in [2.05, 4.69) is 0 Å². The van der Waals surface area contributed by atoms with Crippen molar-refractivity contribution in [3.8, 4) is 0 Å². The van der Waals surface area contributed by atoms with Crippen LogP contribution in [-0.2, 0) is 23.1 Å². The highest BCUT2D eigenvalue weighted by atomic mass is 31.2. The predicted molar refractivity (Wildman–Crippen MR) is 61.6 cm³/mol. The lowest BCUT2D eigenvalue weighted by Crippen LogP contribution is -2.01. The minimum atomic E-state index is -1.42. The van der Waals surface area contributed by atoms with Gasteiger partial charge in [-0.3, -0.25) is 0 Å². The maximum atomic E-state index is 11.1. The van der Waals surface area contributed by atoms with Crippen LogP contribution in [0.15, 0.2) is 11.8 Å². The summed E-state index contributed by atoms with van der Waals surface area (Å²) in [5.41, 5.74) is 0. The van der Waals surface area contributed by atoms with Gasteiger partial charge in [-0.15, -0.1) is 0 Å². The average Bonchev–Trinajstić information content (AvgIpc) is 2.18. The molecule has 0 radical (unpaired) electrons. The van der Waals surface area contributed by atoms with E-state index in [1.54, 1.807) is 13.8 Å². The van der Waals surface area contributed by atoms with Crippen LogP contribution < -0.4 is 0 Å². The van der Waals surface area contributed by atoms with Gasteiger partial charge in [-0.05, 0) is 27.7 Å². The van der Waals surface area contributed by atoms with Crippen LogP contribution in [0.3, 0.4) is 0 Å². The molecule has 5 nitrogen and oxygen atoms in total. The molecule has 0 spiro atoms. The molecule has 0 atom stereocenters. The molecule has 0 N–H and O–H groups in total. The lowest BCUT2D eigenvalue weighted by molar-refractivity contribution is -0.137. The van der Waals surface area contributed by atoms with Gasteiger partial charge in [0.25, 0.3) is 0 Å². The fourth-order valence-corrected chi connectivity index (χ4v) is 1.68. The first-order valence-electron chi connectivity index (χ1n) is 5.22. The van der Waals surface area contributed by atoms with Crippen molar-refractivity contribution in [3.63, 3.8) is 0 Å². The highest BCUT2D eigenvalue weighted by Gasteiger charge is 2.13. The number of hydrogen-bond acceptors (Lipinski definition) is 5. The third-order valence-electron chi connectivity index (χ3n) is 1.30. The molecule has 0 bridgehead atoms. The van der Waals surface area contributed by atoms with Crippen molar-refractivity contribution in [2.75, 3.05) is 19.8 Å². The number of esters is 1. The molecule has 0 aliphatic heterocycles. The van der Waals surface area contributed by atoms with Crippen molar-refractivity contribution in [2.45, 2.75) is 27.7 Å². The van der Waals surface area contributed by atoms with Gasteiger partial charge in [-0.1, -0.05) is 0 Å². The van der Waals surface area contributed by atoms with Crippen LogP contribution in [0.1, 0.15) is 27.7 Å². The Morgan fingerprint density at radius 2 is 1.69 bits per heavy atom.